The molecule has 0 radical (unpaired) electrons. The molecule has 19 heavy (non-hydrogen) atoms. The van der Waals surface area contributed by atoms with Gasteiger partial charge in [-0.3, -0.25) is 14.4 Å². The maximum absolute atomic E-state index is 12.2. The first-order chi connectivity index (χ1) is 9.03. The molecule has 0 heterocycles. The average molecular weight is 274 g/mol. The Morgan fingerprint density at radius 1 is 0.947 bits per heavy atom. The van der Waals surface area contributed by atoms with Crippen LogP contribution < -0.4 is 0 Å². The minimum Gasteiger partial charge on any atom is -0.465 e. The van der Waals surface area contributed by atoms with E-state index in [0.29, 0.717) is 12.8 Å². The van der Waals surface area contributed by atoms with Gasteiger partial charge in [-0.1, -0.05) is 13.3 Å². The largest absolute Gasteiger partial charge is 0.465 e. The van der Waals surface area contributed by atoms with E-state index in [9.17, 15) is 14.4 Å². The maximum Gasteiger partial charge on any atom is 0.328 e. The lowest BCUT2D eigenvalue weighted by Crippen LogP contribution is -2.41. The molecule has 1 unspecified atom stereocenters. The number of methoxy groups -OCH3 is 1. The summed E-state index contributed by atoms with van der Waals surface area (Å²) in [5, 5.41) is 0. The monoisotopic (exact) mass is 274 g/mol. The van der Waals surface area contributed by atoms with Gasteiger partial charge in [0.05, 0.1) is 13.2 Å². The lowest BCUT2D eigenvalue weighted by atomic mass is 9.97. The standard InChI is InChI=1S/C13H22O6/c1-5-8-9(17-4)11(14)10(12(15)18-6-2)13(16)19-7-3/h9-10H,5-8H2,1-4H3. The van der Waals surface area contributed by atoms with Crippen LogP contribution in [0.4, 0.5) is 0 Å². The first-order valence-electron chi connectivity index (χ1n) is 6.43. The fourth-order valence-electron chi connectivity index (χ4n) is 1.60. The second-order valence-corrected chi connectivity index (χ2v) is 3.85. The van der Waals surface area contributed by atoms with Gasteiger partial charge in [0, 0.05) is 7.11 Å². The van der Waals surface area contributed by atoms with E-state index in [1.165, 1.54) is 7.11 Å². The number of hydrogen-bond acceptors (Lipinski definition) is 6. The quantitative estimate of drug-likeness (QED) is 0.463. The number of carbonyl (C=O) groups is 3. The van der Waals surface area contributed by atoms with E-state index in [1.807, 2.05) is 6.92 Å². The summed E-state index contributed by atoms with van der Waals surface area (Å²) in [4.78, 5) is 35.6. The van der Waals surface area contributed by atoms with Gasteiger partial charge in [0.1, 0.15) is 6.10 Å². The van der Waals surface area contributed by atoms with Crippen LogP contribution >= 0.6 is 0 Å². The van der Waals surface area contributed by atoms with Crippen molar-refractivity contribution in [3.05, 3.63) is 0 Å². The molecule has 0 aliphatic rings. The van der Waals surface area contributed by atoms with Crippen LogP contribution in [0.5, 0.6) is 0 Å². The molecular weight excluding hydrogens is 252 g/mol. The topological polar surface area (TPSA) is 78.9 Å². The molecule has 6 heteroatoms. The molecule has 0 bridgehead atoms. The van der Waals surface area contributed by atoms with E-state index < -0.39 is 29.7 Å². The minimum absolute atomic E-state index is 0.0907. The lowest BCUT2D eigenvalue weighted by Gasteiger charge is -2.18. The van der Waals surface area contributed by atoms with E-state index in [-0.39, 0.29) is 13.2 Å². The summed E-state index contributed by atoms with van der Waals surface area (Å²) in [6.45, 7) is 5.26. The number of hydrogen-bond donors (Lipinski definition) is 0. The number of rotatable bonds is 9. The highest BCUT2D eigenvalue weighted by Gasteiger charge is 2.40. The third-order valence-electron chi connectivity index (χ3n) is 2.48. The van der Waals surface area contributed by atoms with Crippen LogP contribution in [0.2, 0.25) is 0 Å². The third kappa shape index (κ3) is 5.38. The van der Waals surface area contributed by atoms with E-state index in [2.05, 4.69) is 0 Å². The van der Waals surface area contributed by atoms with Gasteiger partial charge < -0.3 is 14.2 Å². The van der Waals surface area contributed by atoms with Crippen LogP contribution in [0.3, 0.4) is 0 Å². The molecule has 0 rings (SSSR count). The molecular formula is C13H22O6. The SMILES string of the molecule is CCCC(OC)C(=O)C(C(=O)OCC)C(=O)OCC. The summed E-state index contributed by atoms with van der Waals surface area (Å²) in [6, 6.07) is 0. The van der Waals surface area contributed by atoms with Gasteiger partial charge in [-0.15, -0.1) is 0 Å². The van der Waals surface area contributed by atoms with Crippen LogP contribution in [-0.4, -0.2) is 44.1 Å². The zero-order valence-electron chi connectivity index (χ0n) is 11.9. The van der Waals surface area contributed by atoms with E-state index in [1.54, 1.807) is 13.8 Å². The summed E-state index contributed by atoms with van der Waals surface area (Å²) in [7, 11) is 1.37. The average Bonchev–Trinajstić information content (AvgIpc) is 2.36. The summed E-state index contributed by atoms with van der Waals surface area (Å²) in [5.41, 5.74) is 0. The van der Waals surface area contributed by atoms with Gasteiger partial charge in [-0.05, 0) is 20.3 Å². The van der Waals surface area contributed by atoms with Crippen molar-refractivity contribution >= 4 is 17.7 Å². The van der Waals surface area contributed by atoms with Crippen molar-refractivity contribution in [3.63, 3.8) is 0 Å². The molecule has 0 amide bonds. The van der Waals surface area contributed by atoms with E-state index in [4.69, 9.17) is 14.2 Å². The van der Waals surface area contributed by atoms with Crippen LogP contribution in [0.15, 0.2) is 0 Å². The molecule has 1 atom stereocenters. The Balaban J connectivity index is 5.04. The molecule has 0 saturated heterocycles. The number of esters is 2. The van der Waals surface area contributed by atoms with Crippen molar-refractivity contribution in [1.29, 1.82) is 0 Å². The van der Waals surface area contributed by atoms with Gasteiger partial charge in [0.25, 0.3) is 0 Å². The Bertz CT molecular complexity index is 294. The third-order valence-corrected chi connectivity index (χ3v) is 2.48. The molecule has 0 aromatic rings. The summed E-state index contributed by atoms with van der Waals surface area (Å²) in [6.07, 6.45) is 0.330. The molecule has 0 spiro atoms. The smallest absolute Gasteiger partial charge is 0.328 e. The molecule has 0 N–H and O–H groups in total. The Kier molecular flexibility index (Phi) is 8.78. The maximum atomic E-state index is 12.2. The van der Waals surface area contributed by atoms with Crippen molar-refractivity contribution in [2.45, 2.75) is 39.7 Å². The molecule has 0 fully saturated rings. The van der Waals surface area contributed by atoms with Crippen molar-refractivity contribution in [2.75, 3.05) is 20.3 Å². The normalized spacial score (nSPS) is 12.1. The van der Waals surface area contributed by atoms with Crippen LogP contribution in [-0.2, 0) is 28.6 Å². The van der Waals surface area contributed by atoms with Gasteiger partial charge in [0.15, 0.2) is 5.78 Å². The number of ether oxygens (including phenoxy) is 3. The predicted octanol–water partition coefficient (Wildman–Crippen LogP) is 1.11. The zero-order chi connectivity index (χ0) is 14.8. The molecule has 0 saturated carbocycles. The molecule has 6 nitrogen and oxygen atoms in total. The highest BCUT2D eigenvalue weighted by atomic mass is 16.6. The minimum atomic E-state index is -1.56. The fourth-order valence-corrected chi connectivity index (χ4v) is 1.60. The lowest BCUT2D eigenvalue weighted by molar-refractivity contribution is -0.166. The van der Waals surface area contributed by atoms with Crippen LogP contribution in [0, 0.1) is 5.92 Å². The molecule has 110 valence electrons. The second-order valence-electron chi connectivity index (χ2n) is 3.85. The number of Topliss-reactive ketones (excluding diaryl/α,β-unsaturated/α-hetero) is 1. The summed E-state index contributed by atoms with van der Waals surface area (Å²) in [5.74, 6) is -3.94. The van der Waals surface area contributed by atoms with Crippen molar-refractivity contribution in [1.82, 2.24) is 0 Å². The predicted molar refractivity (Wildman–Crippen MR) is 67.5 cm³/mol. The summed E-state index contributed by atoms with van der Waals surface area (Å²) >= 11 is 0. The Morgan fingerprint density at radius 3 is 1.74 bits per heavy atom. The molecule has 0 aliphatic carbocycles. The van der Waals surface area contributed by atoms with Crippen molar-refractivity contribution < 1.29 is 28.6 Å². The zero-order valence-corrected chi connectivity index (χ0v) is 11.9. The molecule has 0 aromatic heterocycles. The number of ketones is 1. The first kappa shape index (κ1) is 17.6. The van der Waals surface area contributed by atoms with Crippen LogP contribution in [0.1, 0.15) is 33.6 Å². The summed E-state index contributed by atoms with van der Waals surface area (Å²) < 4.78 is 14.5. The molecule has 0 aliphatic heterocycles. The Hall–Kier alpha value is -1.43. The van der Waals surface area contributed by atoms with E-state index >= 15 is 0 Å². The van der Waals surface area contributed by atoms with Crippen LogP contribution in [0.25, 0.3) is 0 Å². The highest BCUT2D eigenvalue weighted by molar-refractivity contribution is 6.16. The van der Waals surface area contributed by atoms with Gasteiger partial charge in [-0.25, -0.2) is 0 Å². The van der Waals surface area contributed by atoms with Gasteiger partial charge in [-0.2, -0.15) is 0 Å². The first-order valence-corrected chi connectivity index (χ1v) is 6.43. The van der Waals surface area contributed by atoms with E-state index in [0.717, 1.165) is 0 Å². The number of carbonyl (C=O) groups excluding carboxylic acids is 3. The Morgan fingerprint density at radius 2 is 1.42 bits per heavy atom. The van der Waals surface area contributed by atoms with Crippen molar-refractivity contribution in [2.24, 2.45) is 5.92 Å². The molecule has 0 aromatic carbocycles. The second kappa shape index (κ2) is 9.49. The fraction of sp³-hybridized carbons (Fsp3) is 0.769. The van der Waals surface area contributed by atoms with Crippen molar-refractivity contribution in [3.8, 4) is 0 Å². The van der Waals surface area contributed by atoms with Gasteiger partial charge in [0.2, 0.25) is 5.92 Å². The van der Waals surface area contributed by atoms with Gasteiger partial charge >= 0.3 is 11.9 Å². The Labute approximate surface area is 113 Å². The highest BCUT2D eigenvalue weighted by Crippen LogP contribution is 2.13.